The molecule has 2 heterocycles. The van der Waals surface area contributed by atoms with Gasteiger partial charge in [0.2, 0.25) is 11.0 Å². The van der Waals surface area contributed by atoms with E-state index in [4.69, 9.17) is 14.2 Å². The van der Waals surface area contributed by atoms with Crippen molar-refractivity contribution in [1.29, 1.82) is 0 Å². The molecular formula is C20H27N5O5S2. The summed E-state index contributed by atoms with van der Waals surface area (Å²) in [6.07, 6.45) is 0. The molecule has 10 nitrogen and oxygen atoms in total. The highest BCUT2D eigenvalue weighted by Crippen LogP contribution is 2.29. The predicted molar refractivity (Wildman–Crippen MR) is 123 cm³/mol. The number of aromatic nitrogens is 2. The Balaban J connectivity index is 1.51. The minimum absolute atomic E-state index is 0.0649. The second kappa shape index (κ2) is 11.9. The summed E-state index contributed by atoms with van der Waals surface area (Å²) in [7, 11) is 4.71. The lowest BCUT2D eigenvalue weighted by Gasteiger charge is -2.34. The van der Waals surface area contributed by atoms with E-state index in [1.807, 2.05) is 4.90 Å². The molecule has 1 aromatic heterocycles. The molecule has 1 aromatic carbocycles. The Morgan fingerprint density at radius 2 is 1.91 bits per heavy atom. The first kappa shape index (κ1) is 24.1. The maximum atomic E-state index is 13.0. The van der Waals surface area contributed by atoms with Crippen LogP contribution >= 0.6 is 23.1 Å². The molecule has 0 bridgehead atoms. The van der Waals surface area contributed by atoms with Crippen molar-refractivity contribution in [3.8, 4) is 11.5 Å². The lowest BCUT2D eigenvalue weighted by Crippen LogP contribution is -2.48. The van der Waals surface area contributed by atoms with Gasteiger partial charge in [-0.3, -0.25) is 9.59 Å². The van der Waals surface area contributed by atoms with Gasteiger partial charge < -0.3 is 29.3 Å². The minimum atomic E-state index is -0.0721. The summed E-state index contributed by atoms with van der Waals surface area (Å²) in [5.41, 5.74) is 0.514. The molecule has 0 atom stereocenters. The van der Waals surface area contributed by atoms with Crippen molar-refractivity contribution in [2.75, 3.05) is 71.3 Å². The van der Waals surface area contributed by atoms with Crippen LogP contribution in [0, 0.1) is 0 Å². The maximum Gasteiger partial charge on any atom is 0.257 e. The van der Waals surface area contributed by atoms with E-state index in [1.165, 1.54) is 30.2 Å². The van der Waals surface area contributed by atoms with E-state index < -0.39 is 0 Å². The van der Waals surface area contributed by atoms with Crippen molar-refractivity contribution in [3.63, 3.8) is 0 Å². The first-order valence-corrected chi connectivity index (χ1v) is 11.8. The number of amides is 2. The van der Waals surface area contributed by atoms with Crippen LogP contribution in [0.1, 0.15) is 10.4 Å². The first-order valence-electron chi connectivity index (χ1n) is 10.0. The Morgan fingerprint density at radius 1 is 1.12 bits per heavy atom. The van der Waals surface area contributed by atoms with E-state index >= 15 is 0 Å². The topological polar surface area (TPSA) is 106 Å². The van der Waals surface area contributed by atoms with Crippen LogP contribution in [0.4, 0.5) is 5.13 Å². The summed E-state index contributed by atoms with van der Waals surface area (Å²) >= 11 is 2.81. The number of nitrogens with one attached hydrogen (secondary N) is 1. The monoisotopic (exact) mass is 481 g/mol. The fourth-order valence-electron chi connectivity index (χ4n) is 3.11. The van der Waals surface area contributed by atoms with Crippen molar-refractivity contribution in [1.82, 2.24) is 20.4 Å². The maximum absolute atomic E-state index is 13.0. The standard InChI is InChI=1S/C20H27N5O5S2/c1-28-11-6-21-17(26)13-31-20-23-22-19(32-20)25-9-7-24(8-10-25)18(27)15-5-4-14(29-2)12-16(15)30-3/h4-5,12H,6-11,13H2,1-3H3,(H,21,26). The van der Waals surface area contributed by atoms with Gasteiger partial charge >= 0.3 is 0 Å². The molecule has 1 N–H and O–H groups in total. The number of ether oxygens (including phenoxy) is 3. The van der Waals surface area contributed by atoms with Crippen LogP contribution in [0.15, 0.2) is 22.5 Å². The zero-order chi connectivity index (χ0) is 22.9. The smallest absolute Gasteiger partial charge is 0.257 e. The van der Waals surface area contributed by atoms with Gasteiger partial charge in [-0.05, 0) is 12.1 Å². The zero-order valence-electron chi connectivity index (χ0n) is 18.3. The second-order valence-corrected chi connectivity index (χ2v) is 9.01. The Labute approximate surface area is 195 Å². The van der Waals surface area contributed by atoms with Crippen molar-refractivity contribution < 1.29 is 23.8 Å². The third-order valence-electron chi connectivity index (χ3n) is 4.83. The van der Waals surface area contributed by atoms with Crippen LogP contribution in [-0.2, 0) is 9.53 Å². The number of anilines is 1. The number of benzene rings is 1. The van der Waals surface area contributed by atoms with Gasteiger partial charge in [0, 0.05) is 45.9 Å². The molecule has 0 unspecified atom stereocenters. The van der Waals surface area contributed by atoms with Crippen LogP contribution in [-0.4, -0.2) is 93.3 Å². The van der Waals surface area contributed by atoms with E-state index in [9.17, 15) is 9.59 Å². The molecular weight excluding hydrogens is 454 g/mol. The number of hydrogen-bond donors (Lipinski definition) is 1. The number of piperazine rings is 1. The zero-order valence-corrected chi connectivity index (χ0v) is 20.0. The number of methoxy groups -OCH3 is 3. The van der Waals surface area contributed by atoms with Crippen molar-refractivity contribution >= 4 is 40.0 Å². The molecule has 2 aromatic rings. The summed E-state index contributed by atoms with van der Waals surface area (Å²) in [5.74, 6) is 1.28. The van der Waals surface area contributed by atoms with Gasteiger partial charge in [-0.2, -0.15) is 0 Å². The number of thioether (sulfide) groups is 1. The Hall–Kier alpha value is -2.57. The van der Waals surface area contributed by atoms with Gasteiger partial charge in [0.05, 0.1) is 32.1 Å². The fourth-order valence-corrected chi connectivity index (χ4v) is 4.83. The molecule has 1 saturated heterocycles. The van der Waals surface area contributed by atoms with E-state index in [-0.39, 0.29) is 17.6 Å². The number of rotatable bonds is 10. The van der Waals surface area contributed by atoms with E-state index in [1.54, 1.807) is 32.4 Å². The van der Waals surface area contributed by atoms with E-state index in [0.29, 0.717) is 56.4 Å². The number of carbonyl (C=O) groups is 2. The van der Waals surface area contributed by atoms with Gasteiger partial charge in [-0.15, -0.1) is 10.2 Å². The summed E-state index contributed by atoms with van der Waals surface area (Å²) in [6, 6.07) is 5.19. The number of nitrogens with zero attached hydrogens (tertiary/aromatic N) is 4. The molecule has 2 amide bonds. The molecule has 12 heteroatoms. The fraction of sp³-hybridized carbons (Fsp3) is 0.500. The van der Waals surface area contributed by atoms with Crippen molar-refractivity contribution in [2.45, 2.75) is 4.34 Å². The quantitative estimate of drug-likeness (QED) is 0.398. The van der Waals surface area contributed by atoms with Crippen molar-refractivity contribution in [2.24, 2.45) is 0 Å². The molecule has 1 aliphatic rings. The molecule has 1 fully saturated rings. The second-order valence-electron chi connectivity index (χ2n) is 6.83. The predicted octanol–water partition coefficient (Wildman–Crippen LogP) is 1.37. The van der Waals surface area contributed by atoms with E-state index in [0.717, 1.165) is 9.47 Å². The molecule has 0 spiro atoms. The summed E-state index contributed by atoms with van der Waals surface area (Å²) in [4.78, 5) is 28.7. The van der Waals surface area contributed by atoms with Gasteiger partial charge in [-0.1, -0.05) is 23.1 Å². The molecule has 0 aliphatic carbocycles. The molecule has 0 radical (unpaired) electrons. The van der Waals surface area contributed by atoms with Crippen LogP contribution in [0.5, 0.6) is 11.5 Å². The molecule has 0 saturated carbocycles. The highest BCUT2D eigenvalue weighted by molar-refractivity contribution is 8.01. The summed E-state index contributed by atoms with van der Waals surface area (Å²) < 4.78 is 16.2. The minimum Gasteiger partial charge on any atom is -0.497 e. The van der Waals surface area contributed by atoms with Gasteiger partial charge in [0.15, 0.2) is 4.34 Å². The van der Waals surface area contributed by atoms with Crippen molar-refractivity contribution in [3.05, 3.63) is 23.8 Å². The third-order valence-corrected chi connectivity index (χ3v) is 6.94. The highest BCUT2D eigenvalue weighted by atomic mass is 32.2. The Kier molecular flexibility index (Phi) is 8.94. The lowest BCUT2D eigenvalue weighted by molar-refractivity contribution is -0.118. The largest absolute Gasteiger partial charge is 0.497 e. The van der Waals surface area contributed by atoms with Gasteiger partial charge in [-0.25, -0.2) is 0 Å². The molecule has 1 aliphatic heterocycles. The lowest BCUT2D eigenvalue weighted by atomic mass is 10.1. The summed E-state index contributed by atoms with van der Waals surface area (Å²) in [5, 5.41) is 12.0. The average Bonchev–Trinajstić information content (AvgIpc) is 3.31. The van der Waals surface area contributed by atoms with Gasteiger partial charge in [0.1, 0.15) is 11.5 Å². The first-order chi connectivity index (χ1) is 15.5. The SMILES string of the molecule is COCCNC(=O)CSc1nnc(N2CCN(C(=O)c3ccc(OC)cc3OC)CC2)s1. The summed E-state index contributed by atoms with van der Waals surface area (Å²) in [6.45, 7) is 3.42. The van der Waals surface area contributed by atoms with Crippen LogP contribution in [0.2, 0.25) is 0 Å². The van der Waals surface area contributed by atoms with E-state index in [2.05, 4.69) is 20.4 Å². The molecule has 3 rings (SSSR count). The van der Waals surface area contributed by atoms with Gasteiger partial charge in [0.25, 0.3) is 5.91 Å². The normalized spacial score (nSPS) is 13.7. The van der Waals surface area contributed by atoms with Crippen LogP contribution < -0.4 is 19.7 Å². The average molecular weight is 482 g/mol. The van der Waals surface area contributed by atoms with Crippen LogP contribution in [0.3, 0.4) is 0 Å². The Bertz CT molecular complexity index is 918. The number of hydrogen-bond acceptors (Lipinski definition) is 10. The third kappa shape index (κ3) is 6.24. The Morgan fingerprint density at radius 3 is 2.59 bits per heavy atom. The molecule has 174 valence electrons. The molecule has 32 heavy (non-hydrogen) atoms. The number of carbonyl (C=O) groups excluding carboxylic acids is 2. The highest BCUT2D eigenvalue weighted by Gasteiger charge is 2.26. The van der Waals surface area contributed by atoms with Crippen LogP contribution in [0.25, 0.3) is 0 Å².